The summed E-state index contributed by atoms with van der Waals surface area (Å²) in [6.45, 7) is 5.39. The van der Waals surface area contributed by atoms with E-state index in [4.69, 9.17) is 9.47 Å². The third kappa shape index (κ3) is 3.73. The molecule has 1 aliphatic rings. The number of thiophene rings is 1. The molecule has 1 aromatic heterocycles. The maximum absolute atomic E-state index is 10.1. The Morgan fingerprint density at radius 2 is 1.96 bits per heavy atom. The average Bonchev–Trinajstić information content (AvgIpc) is 3.08. The van der Waals surface area contributed by atoms with Gasteiger partial charge in [-0.05, 0) is 61.2 Å². The Hall–Kier alpha value is -2.50. The number of anilines is 1. The molecule has 1 atom stereocenters. The highest BCUT2D eigenvalue weighted by molar-refractivity contribution is 7.19. The third-order valence-electron chi connectivity index (χ3n) is 5.05. The Labute approximate surface area is 169 Å². The highest BCUT2D eigenvalue weighted by Gasteiger charge is 2.22. The average molecular weight is 396 g/mol. The molecular weight excluding hydrogens is 370 g/mol. The van der Waals surface area contributed by atoms with Gasteiger partial charge < -0.3 is 19.5 Å². The SMILES string of the molecule is CCC(O)CN1CC=C(Oc2ccc3cc(C)sc3c2)c2ccc(OC)cc21. The molecular formula is C23H25NO3S. The van der Waals surface area contributed by atoms with Crippen LogP contribution >= 0.6 is 11.3 Å². The smallest absolute Gasteiger partial charge is 0.134 e. The van der Waals surface area contributed by atoms with Crippen molar-refractivity contribution in [1.29, 1.82) is 0 Å². The number of aryl methyl sites for hydroxylation is 1. The summed E-state index contributed by atoms with van der Waals surface area (Å²) in [5.74, 6) is 2.48. The highest BCUT2D eigenvalue weighted by Crippen LogP contribution is 2.37. The second-order valence-electron chi connectivity index (χ2n) is 7.08. The standard InChI is InChI=1S/C23H25NO3S/c1-4-17(25)14-24-10-9-22(20-8-7-18(26-3)12-21(20)24)27-19-6-5-16-11-15(2)28-23(16)13-19/h5-9,11-13,17,25H,4,10,14H2,1-3H3. The van der Waals surface area contributed by atoms with E-state index in [1.165, 1.54) is 15.0 Å². The van der Waals surface area contributed by atoms with Crippen LogP contribution in [-0.4, -0.2) is 31.4 Å². The number of fused-ring (bicyclic) bond motifs is 2. The van der Waals surface area contributed by atoms with Gasteiger partial charge in [-0.2, -0.15) is 0 Å². The summed E-state index contributed by atoms with van der Waals surface area (Å²) in [5, 5.41) is 11.4. The summed E-state index contributed by atoms with van der Waals surface area (Å²) in [6.07, 6.45) is 2.45. The molecule has 0 fully saturated rings. The lowest BCUT2D eigenvalue weighted by Gasteiger charge is -2.32. The Kier molecular flexibility index (Phi) is 5.29. The fourth-order valence-corrected chi connectivity index (χ4v) is 4.45. The van der Waals surface area contributed by atoms with Crippen LogP contribution in [0.15, 0.2) is 48.5 Å². The lowest BCUT2D eigenvalue weighted by molar-refractivity contribution is 0.176. The molecule has 0 spiro atoms. The van der Waals surface area contributed by atoms with E-state index in [9.17, 15) is 5.11 Å². The van der Waals surface area contributed by atoms with E-state index in [1.807, 2.05) is 31.2 Å². The van der Waals surface area contributed by atoms with Crippen molar-refractivity contribution in [1.82, 2.24) is 0 Å². The van der Waals surface area contributed by atoms with Crippen LogP contribution in [0, 0.1) is 6.92 Å². The Bertz CT molecular complexity index is 1020. The second kappa shape index (κ2) is 7.86. The number of aliphatic hydroxyl groups is 1. The molecule has 0 bridgehead atoms. The quantitative estimate of drug-likeness (QED) is 0.621. The fraction of sp³-hybridized carbons (Fsp3) is 0.304. The summed E-state index contributed by atoms with van der Waals surface area (Å²) in [4.78, 5) is 3.47. The number of methoxy groups -OCH3 is 1. The molecule has 146 valence electrons. The molecule has 3 aromatic rings. The summed E-state index contributed by atoms with van der Waals surface area (Å²) in [5.41, 5.74) is 2.04. The normalized spacial score (nSPS) is 14.6. The van der Waals surface area contributed by atoms with Gasteiger partial charge in [0.1, 0.15) is 17.3 Å². The molecule has 4 nitrogen and oxygen atoms in total. The van der Waals surface area contributed by atoms with Crippen molar-refractivity contribution in [2.24, 2.45) is 0 Å². The first-order valence-electron chi connectivity index (χ1n) is 9.57. The number of nitrogens with zero attached hydrogens (tertiary/aromatic N) is 1. The predicted molar refractivity (Wildman–Crippen MR) is 117 cm³/mol. The van der Waals surface area contributed by atoms with Crippen molar-refractivity contribution < 1.29 is 14.6 Å². The molecule has 4 rings (SSSR count). The lowest BCUT2D eigenvalue weighted by atomic mass is 10.0. The Balaban J connectivity index is 1.65. The van der Waals surface area contributed by atoms with Crippen molar-refractivity contribution in [3.63, 3.8) is 0 Å². The van der Waals surface area contributed by atoms with E-state index in [-0.39, 0.29) is 6.10 Å². The summed E-state index contributed by atoms with van der Waals surface area (Å²) in [7, 11) is 1.67. The second-order valence-corrected chi connectivity index (χ2v) is 8.37. The van der Waals surface area contributed by atoms with Gasteiger partial charge in [0.15, 0.2) is 0 Å². The van der Waals surface area contributed by atoms with Crippen LogP contribution in [0.5, 0.6) is 11.5 Å². The van der Waals surface area contributed by atoms with Crippen molar-refractivity contribution >= 4 is 32.9 Å². The molecule has 0 amide bonds. The molecule has 0 saturated carbocycles. The molecule has 0 aliphatic carbocycles. The summed E-state index contributed by atoms with van der Waals surface area (Å²) in [6, 6.07) is 14.4. The Morgan fingerprint density at radius 1 is 1.14 bits per heavy atom. The van der Waals surface area contributed by atoms with Crippen molar-refractivity contribution in [2.45, 2.75) is 26.4 Å². The number of rotatable bonds is 6. The van der Waals surface area contributed by atoms with Crippen LogP contribution < -0.4 is 14.4 Å². The molecule has 2 aromatic carbocycles. The van der Waals surface area contributed by atoms with E-state index < -0.39 is 0 Å². The van der Waals surface area contributed by atoms with Crippen LogP contribution in [0.3, 0.4) is 0 Å². The zero-order valence-electron chi connectivity index (χ0n) is 16.4. The minimum Gasteiger partial charge on any atom is -0.497 e. The van der Waals surface area contributed by atoms with Gasteiger partial charge in [0.2, 0.25) is 0 Å². The summed E-state index contributed by atoms with van der Waals surface area (Å²) < 4.78 is 12.9. The highest BCUT2D eigenvalue weighted by atomic mass is 32.1. The monoisotopic (exact) mass is 395 g/mol. The predicted octanol–water partition coefficient (Wildman–Crippen LogP) is 5.23. The maximum Gasteiger partial charge on any atom is 0.134 e. The molecule has 1 N–H and O–H groups in total. The van der Waals surface area contributed by atoms with Gasteiger partial charge in [-0.15, -0.1) is 11.3 Å². The largest absolute Gasteiger partial charge is 0.497 e. The van der Waals surface area contributed by atoms with Gasteiger partial charge in [-0.1, -0.05) is 6.92 Å². The maximum atomic E-state index is 10.1. The van der Waals surface area contributed by atoms with Crippen LogP contribution in [0.1, 0.15) is 23.8 Å². The molecule has 5 heteroatoms. The number of β-amino-alcohol motifs (C(OH)–C–C–N with tert-alkyl or cyclic N) is 1. The van der Waals surface area contributed by atoms with E-state index in [0.717, 1.165) is 34.9 Å². The third-order valence-corrected chi connectivity index (χ3v) is 6.07. The zero-order valence-corrected chi connectivity index (χ0v) is 17.3. The Morgan fingerprint density at radius 3 is 2.75 bits per heavy atom. The van der Waals surface area contributed by atoms with Gasteiger partial charge in [0.05, 0.1) is 18.9 Å². The number of hydrogen-bond acceptors (Lipinski definition) is 5. The van der Waals surface area contributed by atoms with E-state index in [1.54, 1.807) is 18.4 Å². The minimum absolute atomic E-state index is 0.362. The van der Waals surface area contributed by atoms with Crippen LogP contribution in [0.4, 0.5) is 5.69 Å². The lowest BCUT2D eigenvalue weighted by Crippen LogP contribution is -2.35. The van der Waals surface area contributed by atoms with Gasteiger partial charge in [-0.25, -0.2) is 0 Å². The first-order chi connectivity index (χ1) is 13.6. The molecule has 2 heterocycles. The van der Waals surface area contributed by atoms with Crippen LogP contribution in [0.2, 0.25) is 0 Å². The first-order valence-corrected chi connectivity index (χ1v) is 10.4. The van der Waals surface area contributed by atoms with E-state index >= 15 is 0 Å². The fourth-order valence-electron chi connectivity index (χ4n) is 3.50. The summed E-state index contributed by atoms with van der Waals surface area (Å²) >= 11 is 1.78. The molecule has 0 radical (unpaired) electrons. The zero-order chi connectivity index (χ0) is 19.7. The van der Waals surface area contributed by atoms with Gasteiger partial charge in [0, 0.05) is 34.3 Å². The van der Waals surface area contributed by atoms with Crippen molar-refractivity contribution in [3.8, 4) is 11.5 Å². The number of hydrogen-bond donors (Lipinski definition) is 1. The molecule has 0 saturated heterocycles. The van der Waals surface area contributed by atoms with Gasteiger partial charge >= 0.3 is 0 Å². The molecule has 28 heavy (non-hydrogen) atoms. The topological polar surface area (TPSA) is 41.9 Å². The number of ether oxygens (including phenoxy) is 2. The molecule has 1 aliphatic heterocycles. The van der Waals surface area contributed by atoms with Gasteiger partial charge in [0.25, 0.3) is 0 Å². The van der Waals surface area contributed by atoms with Crippen molar-refractivity contribution in [3.05, 3.63) is 59.0 Å². The van der Waals surface area contributed by atoms with E-state index in [0.29, 0.717) is 13.1 Å². The minimum atomic E-state index is -0.362. The van der Waals surface area contributed by atoms with Crippen LogP contribution in [0.25, 0.3) is 15.8 Å². The number of benzene rings is 2. The van der Waals surface area contributed by atoms with Crippen LogP contribution in [-0.2, 0) is 0 Å². The molecule has 1 unspecified atom stereocenters. The number of aliphatic hydroxyl groups excluding tert-OH is 1. The van der Waals surface area contributed by atoms with Gasteiger partial charge in [-0.3, -0.25) is 0 Å². The van der Waals surface area contributed by atoms with Crippen molar-refractivity contribution in [2.75, 3.05) is 25.1 Å². The van der Waals surface area contributed by atoms with E-state index in [2.05, 4.69) is 36.1 Å². The first kappa shape index (κ1) is 18.8.